The van der Waals surface area contributed by atoms with Crippen molar-refractivity contribution in [3.63, 3.8) is 0 Å². The van der Waals surface area contributed by atoms with Crippen molar-refractivity contribution in [2.24, 2.45) is 0 Å². The van der Waals surface area contributed by atoms with E-state index < -0.39 is 27.8 Å². The molecule has 1 unspecified atom stereocenters. The zero-order valence-electron chi connectivity index (χ0n) is 16.5. The second-order valence-electron chi connectivity index (χ2n) is 6.66. The minimum Gasteiger partial charge on any atom is -0.495 e. The Hall–Kier alpha value is -2.94. The van der Waals surface area contributed by atoms with Crippen LogP contribution < -0.4 is 14.8 Å². The van der Waals surface area contributed by atoms with Gasteiger partial charge in [-0.1, -0.05) is 48.0 Å². The average molecular weight is 463 g/mol. The molecule has 0 radical (unpaired) electrons. The highest BCUT2D eigenvalue weighted by Crippen LogP contribution is 2.27. The molecule has 3 aromatic carbocycles. The largest absolute Gasteiger partial charge is 0.495 e. The molecule has 0 saturated carbocycles. The lowest BCUT2D eigenvalue weighted by Gasteiger charge is -2.19. The van der Waals surface area contributed by atoms with Crippen molar-refractivity contribution in [2.75, 3.05) is 12.4 Å². The molecule has 0 spiro atoms. The molecule has 0 saturated heterocycles. The summed E-state index contributed by atoms with van der Waals surface area (Å²) in [6.45, 7) is 0. The Labute approximate surface area is 185 Å². The van der Waals surface area contributed by atoms with E-state index in [4.69, 9.17) is 16.3 Å². The topological polar surface area (TPSA) is 84.5 Å². The summed E-state index contributed by atoms with van der Waals surface area (Å²) in [4.78, 5) is 12.8. The molecule has 1 atom stereocenters. The predicted octanol–water partition coefficient (Wildman–Crippen LogP) is 4.02. The molecule has 0 fully saturated rings. The SMILES string of the molecule is COc1ccc(S(=O)(=O)NC(Cc2ccccc2)C(=O)Nc2cccc(F)c2)cc1Cl. The Balaban J connectivity index is 1.88. The van der Waals surface area contributed by atoms with Crippen molar-refractivity contribution in [2.45, 2.75) is 17.4 Å². The lowest BCUT2D eigenvalue weighted by Crippen LogP contribution is -2.45. The number of hydrogen-bond acceptors (Lipinski definition) is 4. The van der Waals surface area contributed by atoms with Crippen LogP contribution in [0.25, 0.3) is 0 Å². The zero-order valence-corrected chi connectivity index (χ0v) is 18.1. The van der Waals surface area contributed by atoms with Crippen molar-refractivity contribution >= 4 is 33.2 Å². The first kappa shape index (κ1) is 22.7. The predicted molar refractivity (Wildman–Crippen MR) is 117 cm³/mol. The molecule has 3 aromatic rings. The number of ether oxygens (including phenoxy) is 1. The first-order chi connectivity index (χ1) is 14.8. The molecule has 0 heterocycles. The summed E-state index contributed by atoms with van der Waals surface area (Å²) in [5.74, 6) is -0.825. The number of anilines is 1. The summed E-state index contributed by atoms with van der Waals surface area (Å²) in [6, 6.07) is 17.1. The van der Waals surface area contributed by atoms with Crippen LogP contribution in [0.4, 0.5) is 10.1 Å². The third kappa shape index (κ3) is 6.04. The number of carbonyl (C=O) groups is 1. The van der Waals surface area contributed by atoms with E-state index in [1.54, 1.807) is 24.3 Å². The number of nitrogens with one attached hydrogen (secondary N) is 2. The van der Waals surface area contributed by atoms with Gasteiger partial charge in [-0.05, 0) is 48.4 Å². The van der Waals surface area contributed by atoms with E-state index in [-0.39, 0.29) is 22.0 Å². The van der Waals surface area contributed by atoms with E-state index in [0.717, 1.165) is 11.6 Å². The van der Waals surface area contributed by atoms with E-state index in [0.29, 0.717) is 5.75 Å². The van der Waals surface area contributed by atoms with Gasteiger partial charge >= 0.3 is 0 Å². The fourth-order valence-electron chi connectivity index (χ4n) is 2.90. The van der Waals surface area contributed by atoms with Gasteiger partial charge in [0.2, 0.25) is 15.9 Å². The van der Waals surface area contributed by atoms with Gasteiger partial charge in [0, 0.05) is 5.69 Å². The van der Waals surface area contributed by atoms with Crippen LogP contribution in [-0.2, 0) is 21.2 Å². The number of hydrogen-bond donors (Lipinski definition) is 2. The Kier molecular flexibility index (Phi) is 7.27. The van der Waals surface area contributed by atoms with E-state index in [2.05, 4.69) is 10.0 Å². The van der Waals surface area contributed by atoms with Gasteiger partial charge < -0.3 is 10.1 Å². The standard InChI is InChI=1S/C22H20ClFN2O4S/c1-30-21-11-10-18(14-19(21)23)31(28,29)26-20(12-15-6-3-2-4-7-15)22(27)25-17-9-5-8-16(24)13-17/h2-11,13-14,20,26H,12H2,1H3,(H,25,27). The minimum atomic E-state index is -4.10. The molecule has 0 aliphatic rings. The third-order valence-corrected chi connectivity index (χ3v) is 6.19. The Morgan fingerprint density at radius 3 is 2.45 bits per heavy atom. The van der Waals surface area contributed by atoms with Crippen molar-refractivity contribution < 1.29 is 22.3 Å². The molecule has 0 aliphatic carbocycles. The number of benzene rings is 3. The normalized spacial score (nSPS) is 12.2. The third-order valence-electron chi connectivity index (χ3n) is 4.42. The molecular formula is C22H20ClFN2O4S. The molecule has 2 N–H and O–H groups in total. The van der Waals surface area contributed by atoms with Crippen molar-refractivity contribution in [3.05, 3.63) is 89.2 Å². The van der Waals surface area contributed by atoms with Gasteiger partial charge in [-0.15, -0.1) is 0 Å². The Morgan fingerprint density at radius 2 is 1.81 bits per heavy atom. The molecule has 3 rings (SSSR count). The lowest BCUT2D eigenvalue weighted by atomic mass is 10.1. The van der Waals surface area contributed by atoms with Gasteiger partial charge in [0.15, 0.2) is 0 Å². The van der Waals surface area contributed by atoms with Gasteiger partial charge in [0.1, 0.15) is 17.6 Å². The van der Waals surface area contributed by atoms with Crippen molar-refractivity contribution in [3.8, 4) is 5.75 Å². The average Bonchev–Trinajstić information content (AvgIpc) is 2.74. The van der Waals surface area contributed by atoms with Crippen LogP contribution in [0.3, 0.4) is 0 Å². The van der Waals surface area contributed by atoms with E-state index in [1.165, 1.54) is 43.5 Å². The maximum absolute atomic E-state index is 13.5. The number of rotatable bonds is 8. The van der Waals surface area contributed by atoms with E-state index >= 15 is 0 Å². The summed E-state index contributed by atoms with van der Waals surface area (Å²) in [5.41, 5.74) is 0.965. The molecular weight excluding hydrogens is 443 g/mol. The summed E-state index contributed by atoms with van der Waals surface area (Å²) >= 11 is 6.05. The maximum atomic E-state index is 13.5. The first-order valence-corrected chi connectivity index (χ1v) is 11.1. The summed E-state index contributed by atoms with van der Waals surface area (Å²) in [6.07, 6.45) is 0.0884. The van der Waals surface area contributed by atoms with Crippen LogP contribution in [0, 0.1) is 5.82 Å². The first-order valence-electron chi connectivity index (χ1n) is 9.25. The molecule has 0 bridgehead atoms. The highest BCUT2D eigenvalue weighted by atomic mass is 35.5. The summed E-state index contributed by atoms with van der Waals surface area (Å²) < 4.78 is 46.8. The number of halogens is 2. The van der Waals surface area contributed by atoms with Crippen molar-refractivity contribution in [1.82, 2.24) is 4.72 Å². The van der Waals surface area contributed by atoms with Gasteiger partial charge in [-0.2, -0.15) is 4.72 Å². The van der Waals surface area contributed by atoms with Gasteiger partial charge in [0.25, 0.3) is 0 Å². The van der Waals surface area contributed by atoms with E-state index in [9.17, 15) is 17.6 Å². The van der Waals surface area contributed by atoms with Gasteiger partial charge in [-0.3, -0.25) is 4.79 Å². The maximum Gasteiger partial charge on any atom is 0.242 e. The second kappa shape index (κ2) is 9.91. The van der Waals surface area contributed by atoms with Crippen LogP contribution >= 0.6 is 11.6 Å². The van der Waals surface area contributed by atoms with Crippen LogP contribution in [0.15, 0.2) is 77.7 Å². The molecule has 0 aliphatic heterocycles. The molecule has 9 heteroatoms. The number of amides is 1. The number of methoxy groups -OCH3 is 1. The fraction of sp³-hybridized carbons (Fsp3) is 0.136. The highest BCUT2D eigenvalue weighted by molar-refractivity contribution is 7.89. The summed E-state index contributed by atoms with van der Waals surface area (Å²) in [5, 5.41) is 2.67. The van der Waals surface area contributed by atoms with Crippen molar-refractivity contribution in [1.29, 1.82) is 0 Å². The smallest absolute Gasteiger partial charge is 0.242 e. The molecule has 0 aromatic heterocycles. The Morgan fingerprint density at radius 1 is 1.06 bits per heavy atom. The molecule has 162 valence electrons. The zero-order chi connectivity index (χ0) is 22.4. The van der Waals surface area contributed by atoms with Crippen LogP contribution in [0.2, 0.25) is 5.02 Å². The quantitative estimate of drug-likeness (QED) is 0.529. The Bertz CT molecular complexity index is 1170. The fourth-order valence-corrected chi connectivity index (χ4v) is 4.45. The van der Waals surface area contributed by atoms with Crippen LogP contribution in [0.5, 0.6) is 5.75 Å². The number of carbonyl (C=O) groups excluding carboxylic acids is 1. The monoisotopic (exact) mass is 462 g/mol. The number of sulfonamides is 1. The highest BCUT2D eigenvalue weighted by Gasteiger charge is 2.27. The summed E-state index contributed by atoms with van der Waals surface area (Å²) in [7, 11) is -2.68. The lowest BCUT2D eigenvalue weighted by molar-refractivity contribution is -0.117. The van der Waals surface area contributed by atoms with Crippen LogP contribution in [0.1, 0.15) is 5.56 Å². The second-order valence-corrected chi connectivity index (χ2v) is 8.78. The minimum absolute atomic E-state index is 0.0884. The molecule has 6 nitrogen and oxygen atoms in total. The van der Waals surface area contributed by atoms with Gasteiger partial charge in [0.05, 0.1) is 17.0 Å². The molecule has 1 amide bonds. The molecule has 31 heavy (non-hydrogen) atoms. The van der Waals surface area contributed by atoms with E-state index in [1.807, 2.05) is 6.07 Å². The van der Waals surface area contributed by atoms with Crippen LogP contribution in [-0.4, -0.2) is 27.5 Å². The van der Waals surface area contributed by atoms with Gasteiger partial charge in [-0.25, -0.2) is 12.8 Å².